The van der Waals surface area contributed by atoms with Crippen LogP contribution in [0.2, 0.25) is 0 Å². The van der Waals surface area contributed by atoms with Gasteiger partial charge in [0.05, 0.1) is 48.4 Å². The zero-order valence-corrected chi connectivity index (χ0v) is 13.1. The molecule has 2 aromatic rings. The number of ether oxygens (including phenoxy) is 3. The molecule has 0 saturated carbocycles. The molecule has 0 atom stereocenters. The second kappa shape index (κ2) is 6.82. The van der Waals surface area contributed by atoms with Crippen LogP contribution in [0, 0.1) is 10.1 Å². The maximum atomic E-state index is 12.1. The molecule has 0 aliphatic heterocycles. The van der Waals surface area contributed by atoms with E-state index in [1.807, 2.05) is 0 Å². The lowest BCUT2D eigenvalue weighted by Crippen LogP contribution is -2.04. The molecule has 0 radical (unpaired) electrons. The first-order chi connectivity index (χ1) is 11.4. The standard InChI is InChI=1S/C15H14N2O7/c1-22-10-6-4-8-12(14(10)17(20)21)13(15(19)24-3)9(16-8)5-7-11(18)23-2/h4-7,16H,1-3H3. The van der Waals surface area contributed by atoms with E-state index in [2.05, 4.69) is 9.72 Å². The molecule has 24 heavy (non-hydrogen) atoms. The number of nitro benzene ring substituents is 1. The molecule has 0 spiro atoms. The van der Waals surface area contributed by atoms with E-state index in [-0.39, 0.29) is 28.1 Å². The summed E-state index contributed by atoms with van der Waals surface area (Å²) in [6, 6.07) is 2.94. The molecule has 126 valence electrons. The third-order valence-electron chi connectivity index (χ3n) is 3.31. The van der Waals surface area contributed by atoms with E-state index in [0.717, 1.165) is 13.2 Å². The number of methoxy groups -OCH3 is 3. The molecule has 0 fully saturated rings. The summed E-state index contributed by atoms with van der Waals surface area (Å²) >= 11 is 0. The van der Waals surface area contributed by atoms with Crippen molar-refractivity contribution in [1.82, 2.24) is 4.98 Å². The van der Waals surface area contributed by atoms with Gasteiger partial charge in [0.1, 0.15) is 0 Å². The first-order valence-corrected chi connectivity index (χ1v) is 6.66. The number of H-pyrrole nitrogens is 1. The number of nitro groups is 1. The Labute approximate surface area is 136 Å². The fraction of sp³-hybridized carbons (Fsp3) is 0.200. The third-order valence-corrected chi connectivity index (χ3v) is 3.31. The van der Waals surface area contributed by atoms with E-state index < -0.39 is 16.9 Å². The minimum Gasteiger partial charge on any atom is -0.490 e. The van der Waals surface area contributed by atoms with Gasteiger partial charge in [-0.25, -0.2) is 9.59 Å². The lowest BCUT2D eigenvalue weighted by atomic mass is 10.1. The normalized spacial score (nSPS) is 10.8. The summed E-state index contributed by atoms with van der Waals surface area (Å²) in [6.07, 6.45) is 2.37. The van der Waals surface area contributed by atoms with Crippen molar-refractivity contribution in [3.63, 3.8) is 0 Å². The maximum absolute atomic E-state index is 12.1. The summed E-state index contributed by atoms with van der Waals surface area (Å²) in [5, 5.41) is 11.5. The van der Waals surface area contributed by atoms with Gasteiger partial charge in [0.15, 0.2) is 5.75 Å². The van der Waals surface area contributed by atoms with E-state index in [1.54, 1.807) is 0 Å². The highest BCUT2D eigenvalue weighted by Gasteiger charge is 2.29. The van der Waals surface area contributed by atoms with Crippen molar-refractivity contribution in [2.75, 3.05) is 21.3 Å². The summed E-state index contributed by atoms with van der Waals surface area (Å²) in [4.78, 5) is 37.1. The summed E-state index contributed by atoms with van der Waals surface area (Å²) in [5.74, 6) is -1.43. The lowest BCUT2D eigenvalue weighted by molar-refractivity contribution is -0.383. The fourth-order valence-corrected chi connectivity index (χ4v) is 2.28. The molecule has 0 aliphatic carbocycles. The molecule has 0 aliphatic rings. The Kier molecular flexibility index (Phi) is 4.83. The predicted molar refractivity (Wildman–Crippen MR) is 83.9 cm³/mol. The van der Waals surface area contributed by atoms with Crippen LogP contribution in [0.1, 0.15) is 16.1 Å². The van der Waals surface area contributed by atoms with Crippen LogP contribution in [0.15, 0.2) is 18.2 Å². The number of nitrogens with zero attached hydrogens (tertiary/aromatic N) is 1. The molecule has 9 heteroatoms. The Bertz CT molecular complexity index is 851. The van der Waals surface area contributed by atoms with Crippen LogP contribution in [0.25, 0.3) is 17.0 Å². The smallest absolute Gasteiger partial charge is 0.340 e. The molecule has 0 unspecified atom stereocenters. The number of aromatic nitrogens is 1. The topological polar surface area (TPSA) is 121 Å². The number of nitrogens with one attached hydrogen (secondary N) is 1. The maximum Gasteiger partial charge on any atom is 0.340 e. The first-order valence-electron chi connectivity index (χ1n) is 6.66. The highest BCUT2D eigenvalue weighted by atomic mass is 16.6. The molecule has 1 heterocycles. The Morgan fingerprint density at radius 1 is 1.21 bits per heavy atom. The van der Waals surface area contributed by atoms with Crippen molar-refractivity contribution < 1.29 is 28.7 Å². The molecule has 1 aromatic heterocycles. The zero-order chi connectivity index (χ0) is 17.9. The van der Waals surface area contributed by atoms with Gasteiger partial charge < -0.3 is 19.2 Å². The van der Waals surface area contributed by atoms with Crippen LogP contribution < -0.4 is 4.74 Å². The van der Waals surface area contributed by atoms with Gasteiger partial charge in [0, 0.05) is 6.08 Å². The lowest BCUT2D eigenvalue weighted by Gasteiger charge is -2.04. The Morgan fingerprint density at radius 3 is 2.46 bits per heavy atom. The average Bonchev–Trinajstić information content (AvgIpc) is 2.95. The number of benzene rings is 1. The minimum atomic E-state index is -0.790. The monoisotopic (exact) mass is 334 g/mol. The molecule has 2 rings (SSSR count). The van der Waals surface area contributed by atoms with Gasteiger partial charge >= 0.3 is 17.6 Å². The second-order valence-corrected chi connectivity index (χ2v) is 4.56. The van der Waals surface area contributed by atoms with Crippen LogP contribution in [0.3, 0.4) is 0 Å². The third kappa shape index (κ3) is 2.91. The SMILES string of the molecule is COC(=O)C=Cc1[nH]c2ccc(OC)c([N+](=O)[O-])c2c1C(=O)OC. The first kappa shape index (κ1) is 17.0. The van der Waals surface area contributed by atoms with Crippen LogP contribution in [0.5, 0.6) is 5.75 Å². The van der Waals surface area contributed by atoms with Crippen LogP contribution in [-0.2, 0) is 14.3 Å². The number of hydrogen-bond acceptors (Lipinski definition) is 7. The number of carbonyl (C=O) groups excluding carboxylic acids is 2. The number of hydrogen-bond donors (Lipinski definition) is 1. The molecule has 0 saturated heterocycles. The van der Waals surface area contributed by atoms with E-state index in [1.165, 1.54) is 32.4 Å². The second-order valence-electron chi connectivity index (χ2n) is 4.56. The highest BCUT2D eigenvalue weighted by Crippen LogP contribution is 2.39. The van der Waals surface area contributed by atoms with E-state index in [9.17, 15) is 19.7 Å². The Balaban J connectivity index is 2.83. The minimum absolute atomic E-state index is 0.000139. The molecular formula is C15H14N2O7. The van der Waals surface area contributed by atoms with Crippen LogP contribution in [0.4, 0.5) is 5.69 Å². The van der Waals surface area contributed by atoms with Crippen LogP contribution >= 0.6 is 0 Å². The van der Waals surface area contributed by atoms with Gasteiger partial charge in [-0.1, -0.05) is 0 Å². The van der Waals surface area contributed by atoms with Gasteiger partial charge in [-0.2, -0.15) is 0 Å². The molecule has 1 aromatic carbocycles. The Morgan fingerprint density at radius 2 is 1.92 bits per heavy atom. The van der Waals surface area contributed by atoms with E-state index in [4.69, 9.17) is 9.47 Å². The van der Waals surface area contributed by atoms with Crippen molar-refractivity contribution in [3.8, 4) is 5.75 Å². The number of rotatable bonds is 5. The average molecular weight is 334 g/mol. The molecule has 1 N–H and O–H groups in total. The largest absolute Gasteiger partial charge is 0.490 e. The van der Waals surface area contributed by atoms with Gasteiger partial charge in [0.2, 0.25) is 0 Å². The number of aromatic amines is 1. The number of carbonyl (C=O) groups is 2. The van der Waals surface area contributed by atoms with Gasteiger partial charge in [-0.05, 0) is 18.2 Å². The van der Waals surface area contributed by atoms with E-state index in [0.29, 0.717) is 5.52 Å². The van der Waals surface area contributed by atoms with Crippen LogP contribution in [-0.4, -0.2) is 43.2 Å². The summed E-state index contributed by atoms with van der Waals surface area (Å²) in [7, 11) is 3.65. The van der Waals surface area contributed by atoms with Gasteiger partial charge in [-0.3, -0.25) is 10.1 Å². The van der Waals surface area contributed by atoms with E-state index >= 15 is 0 Å². The van der Waals surface area contributed by atoms with Crippen molar-refractivity contribution in [2.24, 2.45) is 0 Å². The molecule has 9 nitrogen and oxygen atoms in total. The highest BCUT2D eigenvalue weighted by molar-refractivity contribution is 6.12. The quantitative estimate of drug-likeness (QED) is 0.384. The van der Waals surface area contributed by atoms with Crippen molar-refractivity contribution >= 4 is 34.6 Å². The Hall–Kier alpha value is -3.36. The van der Waals surface area contributed by atoms with Gasteiger partial charge in [-0.15, -0.1) is 0 Å². The van der Waals surface area contributed by atoms with Gasteiger partial charge in [0.25, 0.3) is 0 Å². The summed E-state index contributed by atoms with van der Waals surface area (Å²) in [5.41, 5.74) is 0.0636. The fourth-order valence-electron chi connectivity index (χ4n) is 2.28. The summed E-state index contributed by atoms with van der Waals surface area (Å²) < 4.78 is 14.2. The molecule has 0 amide bonds. The predicted octanol–water partition coefficient (Wildman–Crippen LogP) is 2.06. The molecular weight excluding hydrogens is 320 g/mol. The summed E-state index contributed by atoms with van der Waals surface area (Å²) in [6.45, 7) is 0. The molecule has 0 bridgehead atoms. The van der Waals surface area contributed by atoms with Crippen molar-refractivity contribution in [1.29, 1.82) is 0 Å². The number of fused-ring (bicyclic) bond motifs is 1. The number of esters is 2. The van der Waals surface area contributed by atoms with Crippen molar-refractivity contribution in [2.45, 2.75) is 0 Å². The zero-order valence-electron chi connectivity index (χ0n) is 13.1. The van der Waals surface area contributed by atoms with Crippen molar-refractivity contribution in [3.05, 3.63) is 39.6 Å².